The van der Waals surface area contributed by atoms with E-state index in [0.717, 1.165) is 6.42 Å². The lowest BCUT2D eigenvalue weighted by Gasteiger charge is -2.19. The van der Waals surface area contributed by atoms with Crippen LogP contribution < -0.4 is 5.32 Å². The lowest BCUT2D eigenvalue weighted by molar-refractivity contribution is -0.138. The number of aliphatic hydroxyl groups is 1. The van der Waals surface area contributed by atoms with Crippen LogP contribution in [0.2, 0.25) is 0 Å². The second-order valence-corrected chi connectivity index (χ2v) is 4.24. The Morgan fingerprint density at radius 2 is 2.06 bits per heavy atom. The fraction of sp³-hybridized carbons (Fsp3) is 0.800. The van der Waals surface area contributed by atoms with Crippen molar-refractivity contribution in [2.45, 2.75) is 32.4 Å². The average molecular weight is 230 g/mol. The summed E-state index contributed by atoms with van der Waals surface area (Å²) >= 11 is 0. The second kappa shape index (κ2) is 5.16. The molecule has 1 rings (SSSR count). The summed E-state index contributed by atoms with van der Waals surface area (Å²) in [5, 5.41) is 20.4. The maximum atomic E-state index is 11.6. The number of rotatable bonds is 3. The molecule has 1 aliphatic heterocycles. The van der Waals surface area contributed by atoms with Crippen LogP contribution in [0.25, 0.3) is 0 Å². The zero-order chi connectivity index (χ0) is 12.3. The summed E-state index contributed by atoms with van der Waals surface area (Å²) in [6.45, 7) is 4.16. The Bertz CT molecular complexity index is 280. The third kappa shape index (κ3) is 3.10. The van der Waals surface area contributed by atoms with Gasteiger partial charge in [0.15, 0.2) is 0 Å². The van der Waals surface area contributed by atoms with Crippen LogP contribution in [0.3, 0.4) is 0 Å². The van der Waals surface area contributed by atoms with Crippen LogP contribution in [0.5, 0.6) is 0 Å². The number of nitrogens with one attached hydrogen (secondary N) is 1. The highest BCUT2D eigenvalue weighted by Gasteiger charge is 2.30. The van der Waals surface area contributed by atoms with Gasteiger partial charge in [0.25, 0.3) is 0 Å². The van der Waals surface area contributed by atoms with Crippen molar-refractivity contribution in [2.24, 2.45) is 5.92 Å². The zero-order valence-electron chi connectivity index (χ0n) is 9.51. The SMILES string of the molecule is CC(NC(=O)N1CCC(C(C)O)C1)C(=O)O. The van der Waals surface area contributed by atoms with Gasteiger partial charge in [-0.1, -0.05) is 0 Å². The third-order valence-corrected chi connectivity index (χ3v) is 2.90. The maximum Gasteiger partial charge on any atom is 0.325 e. The van der Waals surface area contributed by atoms with Gasteiger partial charge in [-0.3, -0.25) is 4.79 Å². The minimum Gasteiger partial charge on any atom is -0.480 e. The summed E-state index contributed by atoms with van der Waals surface area (Å²) in [6, 6.07) is -1.27. The fourth-order valence-electron chi connectivity index (χ4n) is 1.70. The van der Waals surface area contributed by atoms with E-state index in [4.69, 9.17) is 5.11 Å². The molecule has 92 valence electrons. The summed E-state index contributed by atoms with van der Waals surface area (Å²) in [5.41, 5.74) is 0. The van der Waals surface area contributed by atoms with Gasteiger partial charge in [-0.25, -0.2) is 4.79 Å². The van der Waals surface area contributed by atoms with Gasteiger partial charge in [0.05, 0.1) is 6.10 Å². The number of carbonyl (C=O) groups is 2. The van der Waals surface area contributed by atoms with E-state index in [9.17, 15) is 14.7 Å². The molecule has 6 nitrogen and oxygen atoms in total. The summed E-state index contributed by atoms with van der Waals surface area (Å²) < 4.78 is 0. The van der Waals surface area contributed by atoms with E-state index in [2.05, 4.69) is 5.32 Å². The van der Waals surface area contributed by atoms with Crippen LogP contribution in [0, 0.1) is 5.92 Å². The van der Waals surface area contributed by atoms with Crippen molar-refractivity contribution in [1.82, 2.24) is 10.2 Å². The standard InChI is InChI=1S/C10H18N2O4/c1-6(9(14)15)11-10(16)12-4-3-8(5-12)7(2)13/h6-8,13H,3-5H2,1-2H3,(H,11,16)(H,14,15). The minimum absolute atomic E-state index is 0.0888. The molecule has 0 aromatic rings. The Morgan fingerprint density at radius 1 is 1.44 bits per heavy atom. The van der Waals surface area contributed by atoms with Crippen molar-refractivity contribution in [2.75, 3.05) is 13.1 Å². The van der Waals surface area contributed by atoms with E-state index >= 15 is 0 Å². The third-order valence-electron chi connectivity index (χ3n) is 2.90. The van der Waals surface area contributed by atoms with E-state index in [1.165, 1.54) is 11.8 Å². The van der Waals surface area contributed by atoms with Gasteiger partial charge in [-0.15, -0.1) is 0 Å². The van der Waals surface area contributed by atoms with Crippen LogP contribution in [0.15, 0.2) is 0 Å². The molecule has 0 spiro atoms. The molecule has 0 aromatic heterocycles. The predicted molar refractivity (Wildman–Crippen MR) is 57.0 cm³/mol. The number of hydrogen-bond acceptors (Lipinski definition) is 3. The molecule has 0 aromatic carbocycles. The quantitative estimate of drug-likeness (QED) is 0.630. The highest BCUT2D eigenvalue weighted by Crippen LogP contribution is 2.19. The molecule has 0 saturated carbocycles. The molecule has 3 unspecified atom stereocenters. The summed E-state index contributed by atoms with van der Waals surface area (Å²) in [7, 11) is 0. The Morgan fingerprint density at radius 3 is 2.50 bits per heavy atom. The van der Waals surface area contributed by atoms with Crippen molar-refractivity contribution in [3.63, 3.8) is 0 Å². The molecule has 1 saturated heterocycles. The highest BCUT2D eigenvalue weighted by molar-refractivity contribution is 5.82. The monoisotopic (exact) mass is 230 g/mol. The molecule has 3 atom stereocenters. The first-order chi connectivity index (χ1) is 7.41. The lowest BCUT2D eigenvalue weighted by Crippen LogP contribution is -2.46. The van der Waals surface area contributed by atoms with Gasteiger partial charge < -0.3 is 20.4 Å². The van der Waals surface area contributed by atoms with E-state index in [0.29, 0.717) is 13.1 Å². The molecular weight excluding hydrogens is 212 g/mol. The Hall–Kier alpha value is -1.30. The maximum absolute atomic E-state index is 11.6. The van der Waals surface area contributed by atoms with Crippen molar-refractivity contribution in [1.29, 1.82) is 0 Å². The largest absolute Gasteiger partial charge is 0.480 e. The van der Waals surface area contributed by atoms with Crippen molar-refractivity contribution in [3.8, 4) is 0 Å². The summed E-state index contributed by atoms with van der Waals surface area (Å²) in [4.78, 5) is 23.7. The summed E-state index contributed by atoms with van der Waals surface area (Å²) in [5.74, 6) is -0.967. The first kappa shape index (κ1) is 12.8. The Balaban J connectivity index is 2.42. The van der Waals surface area contributed by atoms with Crippen molar-refractivity contribution in [3.05, 3.63) is 0 Å². The molecule has 6 heteroatoms. The zero-order valence-corrected chi connectivity index (χ0v) is 9.51. The smallest absolute Gasteiger partial charge is 0.325 e. The number of hydrogen-bond donors (Lipinski definition) is 3. The Labute approximate surface area is 94.2 Å². The van der Waals surface area contributed by atoms with Gasteiger partial charge in [-0.2, -0.15) is 0 Å². The fourth-order valence-corrected chi connectivity index (χ4v) is 1.70. The number of aliphatic carboxylic acids is 1. The number of urea groups is 1. The average Bonchev–Trinajstić information content (AvgIpc) is 2.65. The summed E-state index contributed by atoms with van der Waals surface area (Å²) in [6.07, 6.45) is 0.321. The number of carboxylic acids is 1. The number of carboxylic acid groups (broad SMARTS) is 1. The normalized spacial score (nSPS) is 23.9. The number of aliphatic hydroxyl groups excluding tert-OH is 1. The Kier molecular flexibility index (Phi) is 4.12. The molecule has 16 heavy (non-hydrogen) atoms. The predicted octanol–water partition coefficient (Wildman–Crippen LogP) is -0.128. The number of nitrogens with zero attached hydrogens (tertiary/aromatic N) is 1. The van der Waals surface area contributed by atoms with Gasteiger partial charge in [0.1, 0.15) is 6.04 Å². The number of likely N-dealkylation sites (tertiary alicyclic amines) is 1. The van der Waals surface area contributed by atoms with Crippen LogP contribution >= 0.6 is 0 Å². The van der Waals surface area contributed by atoms with E-state index < -0.39 is 18.1 Å². The van der Waals surface area contributed by atoms with Crippen LogP contribution in [0.1, 0.15) is 20.3 Å². The highest BCUT2D eigenvalue weighted by atomic mass is 16.4. The molecule has 0 radical (unpaired) electrons. The molecular formula is C10H18N2O4. The lowest BCUT2D eigenvalue weighted by atomic mass is 10.0. The molecule has 0 bridgehead atoms. The minimum atomic E-state index is -1.06. The molecule has 1 fully saturated rings. The molecule has 1 heterocycles. The van der Waals surface area contributed by atoms with Gasteiger partial charge >= 0.3 is 12.0 Å². The van der Waals surface area contributed by atoms with Crippen LogP contribution in [0.4, 0.5) is 4.79 Å². The first-order valence-electron chi connectivity index (χ1n) is 5.38. The second-order valence-electron chi connectivity index (χ2n) is 4.24. The molecule has 1 aliphatic rings. The number of amides is 2. The van der Waals surface area contributed by atoms with Crippen molar-refractivity contribution >= 4 is 12.0 Å². The van der Waals surface area contributed by atoms with E-state index in [1.54, 1.807) is 6.92 Å². The van der Waals surface area contributed by atoms with Gasteiger partial charge in [-0.05, 0) is 20.3 Å². The topological polar surface area (TPSA) is 89.9 Å². The molecule has 2 amide bonds. The molecule has 3 N–H and O–H groups in total. The van der Waals surface area contributed by atoms with Crippen molar-refractivity contribution < 1.29 is 19.8 Å². The van der Waals surface area contributed by atoms with Crippen LogP contribution in [-0.4, -0.2) is 52.3 Å². The molecule has 0 aliphatic carbocycles. The van der Waals surface area contributed by atoms with Gasteiger partial charge in [0, 0.05) is 19.0 Å². The van der Waals surface area contributed by atoms with E-state index in [-0.39, 0.29) is 11.9 Å². The van der Waals surface area contributed by atoms with Gasteiger partial charge in [0.2, 0.25) is 0 Å². The van der Waals surface area contributed by atoms with Crippen LogP contribution in [-0.2, 0) is 4.79 Å². The van der Waals surface area contributed by atoms with E-state index in [1.807, 2.05) is 0 Å². The number of carbonyl (C=O) groups excluding carboxylic acids is 1. The first-order valence-corrected chi connectivity index (χ1v) is 5.38.